The van der Waals surface area contributed by atoms with Gasteiger partial charge in [-0.2, -0.15) is 0 Å². The summed E-state index contributed by atoms with van der Waals surface area (Å²) in [5.74, 6) is 0.000283. The van der Waals surface area contributed by atoms with Gasteiger partial charge in [0.1, 0.15) is 0 Å². The van der Waals surface area contributed by atoms with E-state index in [0.29, 0.717) is 0 Å². The fraction of sp³-hybridized carbons (Fsp3) is 0.133. The summed E-state index contributed by atoms with van der Waals surface area (Å²) >= 11 is 0. The Morgan fingerprint density at radius 3 is 1.56 bits per heavy atom. The SMILES string of the molecule is CC1=C/C=C\C(=O)\C=C\C=C(C)/C=C/C=C\1. The Labute approximate surface area is 96.9 Å². The first-order valence-electron chi connectivity index (χ1n) is 5.27. The van der Waals surface area contributed by atoms with E-state index in [0.717, 1.165) is 11.1 Å². The molecule has 0 saturated carbocycles. The molecule has 0 fully saturated rings. The molecule has 0 heterocycles. The molecule has 82 valence electrons. The Morgan fingerprint density at radius 2 is 1.12 bits per heavy atom. The molecule has 0 N–H and O–H groups in total. The molecule has 0 spiro atoms. The topological polar surface area (TPSA) is 17.1 Å². The summed E-state index contributed by atoms with van der Waals surface area (Å²) < 4.78 is 0. The maximum Gasteiger partial charge on any atom is 0.178 e. The minimum Gasteiger partial charge on any atom is -0.290 e. The first-order chi connectivity index (χ1) is 7.68. The van der Waals surface area contributed by atoms with Gasteiger partial charge in [0.2, 0.25) is 0 Å². The van der Waals surface area contributed by atoms with Crippen LogP contribution in [0.1, 0.15) is 13.8 Å². The van der Waals surface area contributed by atoms with Crippen LogP contribution in [0, 0.1) is 0 Å². The minimum atomic E-state index is 0.000283. The van der Waals surface area contributed by atoms with Crippen LogP contribution in [0.3, 0.4) is 0 Å². The van der Waals surface area contributed by atoms with Crippen LogP contribution in [-0.4, -0.2) is 5.78 Å². The average Bonchev–Trinajstić information content (AvgIpc) is 2.24. The highest BCUT2D eigenvalue weighted by Gasteiger charge is 1.86. The molecule has 1 aliphatic rings. The maximum atomic E-state index is 11.3. The lowest BCUT2D eigenvalue weighted by Gasteiger charge is -1.87. The van der Waals surface area contributed by atoms with E-state index in [9.17, 15) is 4.79 Å². The van der Waals surface area contributed by atoms with Crippen LogP contribution in [0.5, 0.6) is 0 Å². The van der Waals surface area contributed by atoms with Gasteiger partial charge in [-0.25, -0.2) is 0 Å². The summed E-state index contributed by atoms with van der Waals surface area (Å²) in [5, 5.41) is 0. The van der Waals surface area contributed by atoms with E-state index >= 15 is 0 Å². The molecule has 1 rings (SSSR count). The fourth-order valence-corrected chi connectivity index (χ4v) is 1.17. The number of allylic oxidation sites excluding steroid dienone is 12. The fourth-order valence-electron chi connectivity index (χ4n) is 1.17. The van der Waals surface area contributed by atoms with Crippen molar-refractivity contribution in [1.29, 1.82) is 0 Å². The molecule has 0 aromatic rings. The van der Waals surface area contributed by atoms with Crippen LogP contribution in [0.4, 0.5) is 0 Å². The van der Waals surface area contributed by atoms with E-state index in [2.05, 4.69) is 0 Å². The molecule has 0 aliphatic heterocycles. The minimum absolute atomic E-state index is 0.000283. The van der Waals surface area contributed by atoms with Crippen LogP contribution in [0.25, 0.3) is 0 Å². The van der Waals surface area contributed by atoms with Gasteiger partial charge in [-0.1, -0.05) is 59.8 Å². The van der Waals surface area contributed by atoms with Crippen molar-refractivity contribution >= 4 is 5.78 Å². The first kappa shape index (κ1) is 12.2. The Kier molecular flexibility index (Phi) is 5.00. The zero-order valence-corrected chi connectivity index (χ0v) is 9.68. The van der Waals surface area contributed by atoms with Gasteiger partial charge in [-0.15, -0.1) is 0 Å². The van der Waals surface area contributed by atoms with Gasteiger partial charge < -0.3 is 0 Å². The summed E-state index contributed by atoms with van der Waals surface area (Å²) in [4.78, 5) is 11.3. The summed E-state index contributed by atoms with van der Waals surface area (Å²) in [6, 6.07) is 0. The van der Waals surface area contributed by atoms with Crippen molar-refractivity contribution in [2.75, 3.05) is 0 Å². The highest BCUT2D eigenvalue weighted by molar-refractivity contribution is 5.99. The molecule has 0 atom stereocenters. The summed E-state index contributed by atoms with van der Waals surface area (Å²) in [5.41, 5.74) is 2.22. The number of rotatable bonds is 0. The standard InChI is InChI=1S/C15H16O/c1-13-7-3-4-8-14(2)10-6-12-15(16)11-5-9-13/h3-12H,1-2H3/b7-3-,8-4+,11-5-,12-6+,13-9-,14-10-. The third-order valence-corrected chi connectivity index (χ3v) is 2.07. The Bertz CT molecular complexity index is 386. The molecule has 1 heteroatoms. The molecule has 16 heavy (non-hydrogen) atoms. The third-order valence-electron chi connectivity index (χ3n) is 2.07. The van der Waals surface area contributed by atoms with Crippen molar-refractivity contribution in [3.63, 3.8) is 0 Å². The summed E-state index contributed by atoms with van der Waals surface area (Å²) in [7, 11) is 0. The molecule has 1 nitrogen and oxygen atoms in total. The molecule has 0 aromatic heterocycles. The Balaban J connectivity index is 2.97. The zero-order valence-electron chi connectivity index (χ0n) is 9.68. The normalized spacial score (nSPS) is 31.8. The van der Waals surface area contributed by atoms with Gasteiger partial charge in [0.15, 0.2) is 5.78 Å². The molecule has 0 amide bonds. The first-order valence-corrected chi connectivity index (χ1v) is 5.27. The van der Waals surface area contributed by atoms with Crippen LogP contribution in [0.15, 0.2) is 71.9 Å². The maximum absolute atomic E-state index is 11.3. The van der Waals surface area contributed by atoms with Gasteiger partial charge in [0, 0.05) is 0 Å². The lowest BCUT2D eigenvalue weighted by molar-refractivity contribution is -0.110. The van der Waals surface area contributed by atoms with Gasteiger partial charge in [-0.05, 0) is 26.0 Å². The molecule has 0 unspecified atom stereocenters. The quantitative estimate of drug-likeness (QED) is 0.598. The van der Waals surface area contributed by atoms with Crippen molar-refractivity contribution in [3.8, 4) is 0 Å². The number of ketones is 1. The monoisotopic (exact) mass is 212 g/mol. The molecule has 0 radical (unpaired) electrons. The van der Waals surface area contributed by atoms with E-state index in [1.807, 2.05) is 50.3 Å². The molecule has 0 aromatic carbocycles. The van der Waals surface area contributed by atoms with E-state index in [4.69, 9.17) is 0 Å². The zero-order chi connectivity index (χ0) is 11.8. The van der Waals surface area contributed by atoms with Crippen LogP contribution in [-0.2, 0) is 4.79 Å². The van der Waals surface area contributed by atoms with Crippen LogP contribution < -0.4 is 0 Å². The largest absolute Gasteiger partial charge is 0.290 e. The van der Waals surface area contributed by atoms with E-state index < -0.39 is 0 Å². The Morgan fingerprint density at radius 1 is 0.688 bits per heavy atom. The van der Waals surface area contributed by atoms with E-state index in [1.165, 1.54) is 0 Å². The van der Waals surface area contributed by atoms with E-state index in [-0.39, 0.29) is 5.78 Å². The van der Waals surface area contributed by atoms with Gasteiger partial charge in [0.25, 0.3) is 0 Å². The summed E-state index contributed by atoms with van der Waals surface area (Å²) in [6.07, 6.45) is 18.5. The van der Waals surface area contributed by atoms with Crippen molar-refractivity contribution in [2.24, 2.45) is 0 Å². The van der Waals surface area contributed by atoms with Crippen molar-refractivity contribution in [3.05, 3.63) is 71.9 Å². The third kappa shape index (κ3) is 5.11. The van der Waals surface area contributed by atoms with Gasteiger partial charge >= 0.3 is 0 Å². The predicted octanol–water partition coefficient (Wildman–Crippen LogP) is 3.69. The number of carbonyl (C=O) groups is 1. The number of hydrogen-bond acceptors (Lipinski definition) is 1. The molecule has 0 saturated heterocycles. The second-order valence-corrected chi connectivity index (χ2v) is 3.66. The molecular formula is C15H16O. The summed E-state index contributed by atoms with van der Waals surface area (Å²) in [6.45, 7) is 3.99. The highest BCUT2D eigenvalue weighted by Crippen LogP contribution is 2.00. The highest BCUT2D eigenvalue weighted by atomic mass is 16.1. The lowest BCUT2D eigenvalue weighted by atomic mass is 10.2. The molecule has 0 bridgehead atoms. The van der Waals surface area contributed by atoms with Gasteiger partial charge in [-0.3, -0.25) is 4.79 Å². The predicted molar refractivity (Wildman–Crippen MR) is 69.1 cm³/mol. The lowest BCUT2D eigenvalue weighted by Crippen LogP contribution is -1.83. The van der Waals surface area contributed by atoms with Crippen molar-refractivity contribution < 1.29 is 4.79 Å². The smallest absolute Gasteiger partial charge is 0.178 e. The van der Waals surface area contributed by atoms with Crippen LogP contribution >= 0.6 is 0 Å². The average molecular weight is 212 g/mol. The van der Waals surface area contributed by atoms with Crippen molar-refractivity contribution in [2.45, 2.75) is 13.8 Å². The van der Waals surface area contributed by atoms with E-state index in [1.54, 1.807) is 24.3 Å². The number of hydrogen-bond donors (Lipinski definition) is 0. The van der Waals surface area contributed by atoms with Crippen LogP contribution in [0.2, 0.25) is 0 Å². The van der Waals surface area contributed by atoms with Gasteiger partial charge in [0.05, 0.1) is 0 Å². The molecular weight excluding hydrogens is 196 g/mol. The number of carbonyl (C=O) groups excluding carboxylic acids is 1. The second-order valence-electron chi connectivity index (χ2n) is 3.66. The second kappa shape index (κ2) is 6.57. The molecule has 1 aliphatic carbocycles. The Hall–Kier alpha value is -1.89. The van der Waals surface area contributed by atoms with Crippen molar-refractivity contribution in [1.82, 2.24) is 0 Å².